The molecule has 3 rings (SSSR count). The minimum Gasteiger partial charge on any atom is -0.369 e. The van der Waals surface area contributed by atoms with E-state index in [1.807, 2.05) is 18.2 Å². The summed E-state index contributed by atoms with van der Waals surface area (Å²) < 4.78 is 0. The smallest absolute Gasteiger partial charge is 0.201 e. The molecule has 2 aliphatic rings. The Kier molecular flexibility index (Phi) is 1.42. The largest absolute Gasteiger partial charge is 0.369 e. The van der Waals surface area contributed by atoms with Crippen LogP contribution in [-0.2, 0) is 0 Å². The number of nitrogens with two attached hydrogens (primary N) is 1. The first kappa shape index (κ1) is 7.62. The first-order valence-corrected chi connectivity index (χ1v) is 4.77. The van der Waals surface area contributed by atoms with E-state index in [-0.39, 0.29) is 0 Å². The van der Waals surface area contributed by atoms with Gasteiger partial charge in [-0.1, -0.05) is 24.3 Å². The fraction of sp³-hybridized carbons (Fsp3) is 0.182. The Bertz CT molecular complexity index is 446. The fourth-order valence-corrected chi connectivity index (χ4v) is 2.03. The lowest BCUT2D eigenvalue weighted by Gasteiger charge is -2.26. The lowest BCUT2D eigenvalue weighted by Crippen LogP contribution is -2.35. The Morgan fingerprint density at radius 2 is 2.14 bits per heavy atom. The second kappa shape index (κ2) is 2.61. The highest BCUT2D eigenvalue weighted by Gasteiger charge is 2.25. The summed E-state index contributed by atoms with van der Waals surface area (Å²) >= 11 is 0. The number of fused-ring (bicyclic) bond motifs is 3. The maximum Gasteiger partial charge on any atom is 0.201 e. The van der Waals surface area contributed by atoms with Crippen LogP contribution in [0.1, 0.15) is 12.0 Å². The Morgan fingerprint density at radius 3 is 3.07 bits per heavy atom. The molecule has 0 unspecified atom stereocenters. The summed E-state index contributed by atoms with van der Waals surface area (Å²) in [5.74, 6) is 0.618. The van der Waals surface area contributed by atoms with Gasteiger partial charge < -0.3 is 10.6 Å². The molecule has 1 aromatic carbocycles. The summed E-state index contributed by atoms with van der Waals surface area (Å²) in [7, 11) is 0. The van der Waals surface area contributed by atoms with Crippen molar-refractivity contribution in [1.29, 1.82) is 0 Å². The highest BCUT2D eigenvalue weighted by atomic mass is 15.3. The maximum atomic E-state index is 5.87. The molecule has 3 heteroatoms. The zero-order valence-electron chi connectivity index (χ0n) is 7.77. The number of guanidine groups is 1. The van der Waals surface area contributed by atoms with E-state index in [1.54, 1.807) is 0 Å². The first-order chi connectivity index (χ1) is 6.86. The number of rotatable bonds is 0. The minimum atomic E-state index is 0.618. The van der Waals surface area contributed by atoms with Crippen molar-refractivity contribution in [2.45, 2.75) is 6.42 Å². The van der Waals surface area contributed by atoms with E-state index in [9.17, 15) is 0 Å². The molecule has 2 heterocycles. The zero-order valence-corrected chi connectivity index (χ0v) is 7.77. The van der Waals surface area contributed by atoms with Crippen LogP contribution in [0.25, 0.3) is 5.70 Å². The fourth-order valence-electron chi connectivity index (χ4n) is 2.03. The normalized spacial score (nSPS) is 18.4. The molecule has 14 heavy (non-hydrogen) atoms. The van der Waals surface area contributed by atoms with Crippen LogP contribution in [0.5, 0.6) is 0 Å². The van der Waals surface area contributed by atoms with Gasteiger partial charge in [0.15, 0.2) is 0 Å². The third-order valence-electron chi connectivity index (χ3n) is 2.67. The van der Waals surface area contributed by atoms with E-state index in [0.717, 1.165) is 18.7 Å². The van der Waals surface area contributed by atoms with Gasteiger partial charge in [-0.3, -0.25) is 0 Å². The lowest BCUT2D eigenvalue weighted by atomic mass is 10.1. The Labute approximate surface area is 82.5 Å². The van der Waals surface area contributed by atoms with E-state index >= 15 is 0 Å². The van der Waals surface area contributed by atoms with Crippen molar-refractivity contribution in [2.24, 2.45) is 10.7 Å². The van der Waals surface area contributed by atoms with Gasteiger partial charge in [-0.2, -0.15) is 0 Å². The molecule has 0 spiro atoms. The van der Waals surface area contributed by atoms with Crippen molar-refractivity contribution in [3.8, 4) is 0 Å². The number of para-hydroxylation sites is 1. The molecule has 3 nitrogen and oxygen atoms in total. The molecule has 2 N–H and O–H groups in total. The van der Waals surface area contributed by atoms with Gasteiger partial charge >= 0.3 is 0 Å². The Balaban J connectivity index is 2.25. The predicted octanol–water partition coefficient (Wildman–Crippen LogP) is 1.69. The van der Waals surface area contributed by atoms with Gasteiger partial charge in [0.25, 0.3) is 0 Å². The molecule has 2 aliphatic heterocycles. The van der Waals surface area contributed by atoms with Crippen molar-refractivity contribution in [1.82, 2.24) is 4.90 Å². The number of hydrogen-bond donors (Lipinski definition) is 1. The maximum absolute atomic E-state index is 5.87. The van der Waals surface area contributed by atoms with Crippen molar-refractivity contribution < 1.29 is 0 Å². The number of aliphatic imine (C=N–C) groups is 1. The minimum absolute atomic E-state index is 0.618. The van der Waals surface area contributed by atoms with E-state index in [4.69, 9.17) is 5.73 Å². The number of benzene rings is 1. The highest BCUT2D eigenvalue weighted by Crippen LogP contribution is 2.35. The molecule has 1 aromatic rings. The van der Waals surface area contributed by atoms with Crippen molar-refractivity contribution in [3.63, 3.8) is 0 Å². The number of hydrogen-bond acceptors (Lipinski definition) is 3. The monoisotopic (exact) mass is 185 g/mol. The zero-order chi connectivity index (χ0) is 9.54. The molecule has 0 radical (unpaired) electrons. The summed E-state index contributed by atoms with van der Waals surface area (Å²) in [5.41, 5.74) is 9.26. The van der Waals surface area contributed by atoms with E-state index in [0.29, 0.717) is 5.96 Å². The molecule has 0 aliphatic carbocycles. The molecule has 0 amide bonds. The summed E-state index contributed by atoms with van der Waals surface area (Å²) in [6, 6.07) is 8.11. The van der Waals surface area contributed by atoms with Crippen LogP contribution in [0, 0.1) is 0 Å². The number of nitrogens with zero attached hydrogens (tertiary/aromatic N) is 2. The van der Waals surface area contributed by atoms with E-state index < -0.39 is 0 Å². The second-order valence-corrected chi connectivity index (χ2v) is 3.52. The van der Waals surface area contributed by atoms with Gasteiger partial charge in [-0.25, -0.2) is 4.99 Å². The summed E-state index contributed by atoms with van der Waals surface area (Å²) in [5, 5.41) is 0. The first-order valence-electron chi connectivity index (χ1n) is 4.77. The average Bonchev–Trinajstić information content (AvgIpc) is 2.67. The van der Waals surface area contributed by atoms with Crippen LogP contribution in [0.15, 0.2) is 35.3 Å². The van der Waals surface area contributed by atoms with Gasteiger partial charge in [0, 0.05) is 17.8 Å². The van der Waals surface area contributed by atoms with Crippen LogP contribution in [-0.4, -0.2) is 17.4 Å². The van der Waals surface area contributed by atoms with E-state index in [1.165, 1.54) is 11.3 Å². The standard InChI is InChI=1S/C11H11N3/c12-11-13-9-5-2-1-4-8(9)10-6-3-7-14(10)11/h1-2,4-6H,3,7H2,(H2,12,13). The van der Waals surface area contributed by atoms with Crippen molar-refractivity contribution >= 4 is 17.3 Å². The van der Waals surface area contributed by atoms with E-state index in [2.05, 4.69) is 22.0 Å². The lowest BCUT2D eigenvalue weighted by molar-refractivity contribution is 0.611. The molecule has 0 saturated carbocycles. The van der Waals surface area contributed by atoms with Gasteiger partial charge in [0.2, 0.25) is 5.96 Å². The van der Waals surface area contributed by atoms with Crippen LogP contribution in [0.2, 0.25) is 0 Å². The third kappa shape index (κ3) is 0.894. The van der Waals surface area contributed by atoms with Crippen molar-refractivity contribution in [3.05, 3.63) is 35.9 Å². The van der Waals surface area contributed by atoms with Gasteiger partial charge in [0.05, 0.1) is 5.69 Å². The molecule has 0 aromatic heterocycles. The van der Waals surface area contributed by atoms with Crippen LogP contribution < -0.4 is 5.73 Å². The summed E-state index contributed by atoms with van der Waals surface area (Å²) in [4.78, 5) is 6.44. The van der Waals surface area contributed by atoms with Gasteiger partial charge in [0.1, 0.15) is 0 Å². The van der Waals surface area contributed by atoms with Crippen LogP contribution >= 0.6 is 0 Å². The van der Waals surface area contributed by atoms with Crippen LogP contribution in [0.4, 0.5) is 5.69 Å². The quantitative estimate of drug-likeness (QED) is 0.668. The molecular weight excluding hydrogens is 174 g/mol. The highest BCUT2D eigenvalue weighted by molar-refractivity contribution is 5.96. The Hall–Kier alpha value is -1.77. The molecule has 70 valence electrons. The summed E-state index contributed by atoms with van der Waals surface area (Å²) in [6.45, 7) is 0.957. The molecule has 0 fully saturated rings. The molecule has 0 saturated heterocycles. The molecule has 0 atom stereocenters. The van der Waals surface area contributed by atoms with Crippen LogP contribution in [0.3, 0.4) is 0 Å². The molecular formula is C11H11N3. The second-order valence-electron chi connectivity index (χ2n) is 3.52. The molecule has 0 bridgehead atoms. The van der Waals surface area contributed by atoms with Gasteiger partial charge in [-0.05, 0) is 12.5 Å². The topological polar surface area (TPSA) is 41.6 Å². The van der Waals surface area contributed by atoms with Gasteiger partial charge in [-0.15, -0.1) is 0 Å². The SMILES string of the molecule is NC1=Nc2ccccc2C2=CCCN21. The summed E-state index contributed by atoms with van der Waals surface area (Å²) in [6.07, 6.45) is 3.28. The Morgan fingerprint density at radius 1 is 1.29 bits per heavy atom. The third-order valence-corrected chi connectivity index (χ3v) is 2.67. The van der Waals surface area contributed by atoms with Crippen molar-refractivity contribution in [2.75, 3.05) is 6.54 Å². The predicted molar refractivity (Wildman–Crippen MR) is 57.0 cm³/mol. The average molecular weight is 185 g/mol.